The maximum absolute atomic E-state index is 12.7. The van der Waals surface area contributed by atoms with Crippen molar-refractivity contribution in [1.82, 2.24) is 4.90 Å². The van der Waals surface area contributed by atoms with Gasteiger partial charge in [-0.25, -0.2) is 13.6 Å². The molecular formula is C19H17N3O5S3. The summed E-state index contributed by atoms with van der Waals surface area (Å²) in [4.78, 5) is 26.5. The Morgan fingerprint density at radius 2 is 1.83 bits per heavy atom. The van der Waals surface area contributed by atoms with Crippen LogP contribution in [0, 0.1) is 0 Å². The Labute approximate surface area is 183 Å². The van der Waals surface area contributed by atoms with Gasteiger partial charge in [0.1, 0.15) is 16.6 Å². The van der Waals surface area contributed by atoms with Gasteiger partial charge in [-0.1, -0.05) is 36.1 Å². The van der Waals surface area contributed by atoms with Crippen LogP contribution in [0.4, 0.5) is 5.69 Å². The number of amides is 2. The van der Waals surface area contributed by atoms with Crippen LogP contribution in [0.15, 0.2) is 58.3 Å². The van der Waals surface area contributed by atoms with Crippen LogP contribution in [0.5, 0.6) is 5.75 Å². The number of nitrogens with two attached hydrogens (primary N) is 1. The molecule has 1 aliphatic rings. The van der Waals surface area contributed by atoms with E-state index in [4.69, 9.17) is 22.1 Å². The number of primary sulfonamides is 1. The molecule has 11 heteroatoms. The lowest BCUT2D eigenvalue weighted by Gasteiger charge is -2.14. The summed E-state index contributed by atoms with van der Waals surface area (Å²) in [5.74, 6) is -0.130. The van der Waals surface area contributed by atoms with Gasteiger partial charge in [0, 0.05) is 5.69 Å². The Morgan fingerprint density at radius 1 is 1.20 bits per heavy atom. The largest absolute Gasteiger partial charge is 0.497 e. The number of ether oxygens (including phenoxy) is 1. The Kier molecular flexibility index (Phi) is 6.56. The fourth-order valence-corrected chi connectivity index (χ4v) is 4.33. The van der Waals surface area contributed by atoms with Gasteiger partial charge in [-0.3, -0.25) is 14.5 Å². The van der Waals surface area contributed by atoms with Crippen LogP contribution in [0.2, 0.25) is 0 Å². The van der Waals surface area contributed by atoms with Crippen LogP contribution in [-0.4, -0.2) is 43.1 Å². The third-order valence-corrected chi connectivity index (χ3v) is 6.36. The highest BCUT2D eigenvalue weighted by Crippen LogP contribution is 2.32. The third kappa shape index (κ3) is 5.25. The molecule has 0 spiro atoms. The molecule has 0 aliphatic carbocycles. The summed E-state index contributed by atoms with van der Waals surface area (Å²) >= 11 is 6.35. The maximum Gasteiger partial charge on any atom is 0.266 e. The van der Waals surface area contributed by atoms with Crippen molar-refractivity contribution in [3.8, 4) is 5.75 Å². The minimum absolute atomic E-state index is 0.0684. The van der Waals surface area contributed by atoms with E-state index < -0.39 is 15.9 Å². The summed E-state index contributed by atoms with van der Waals surface area (Å²) in [5.41, 5.74) is 1.17. The van der Waals surface area contributed by atoms with Crippen molar-refractivity contribution in [2.75, 3.05) is 19.0 Å². The SMILES string of the molecule is COc1ccc(/C=C2\SC(=S)N(CC(=O)Nc3ccc(S(N)(=O)=O)cc3)C2=O)cc1. The monoisotopic (exact) mass is 463 g/mol. The van der Waals surface area contributed by atoms with Crippen molar-refractivity contribution >= 4 is 61.9 Å². The smallest absolute Gasteiger partial charge is 0.266 e. The highest BCUT2D eigenvalue weighted by molar-refractivity contribution is 8.26. The molecule has 3 N–H and O–H groups in total. The van der Waals surface area contributed by atoms with E-state index in [1.54, 1.807) is 25.3 Å². The quantitative estimate of drug-likeness (QED) is 0.498. The Bertz CT molecular complexity index is 1130. The predicted octanol–water partition coefficient (Wildman–Crippen LogP) is 2.18. The summed E-state index contributed by atoms with van der Waals surface area (Å²) in [6.45, 7) is -0.262. The van der Waals surface area contributed by atoms with Gasteiger partial charge in [-0.05, 0) is 48.0 Å². The molecule has 0 radical (unpaired) electrons. The van der Waals surface area contributed by atoms with Crippen molar-refractivity contribution in [3.63, 3.8) is 0 Å². The number of nitrogens with one attached hydrogen (secondary N) is 1. The van der Waals surface area contributed by atoms with Gasteiger partial charge >= 0.3 is 0 Å². The van der Waals surface area contributed by atoms with Crippen LogP contribution in [-0.2, 0) is 19.6 Å². The van der Waals surface area contributed by atoms with E-state index in [9.17, 15) is 18.0 Å². The second-order valence-electron chi connectivity index (χ2n) is 6.16. The zero-order valence-corrected chi connectivity index (χ0v) is 18.1. The molecule has 1 saturated heterocycles. The number of carbonyl (C=O) groups is 2. The number of nitrogens with zero attached hydrogens (tertiary/aromatic N) is 1. The lowest BCUT2D eigenvalue weighted by Crippen LogP contribution is -2.36. The van der Waals surface area contributed by atoms with Crippen molar-refractivity contribution in [1.29, 1.82) is 0 Å². The summed E-state index contributed by atoms with van der Waals surface area (Å²) in [6, 6.07) is 12.6. The first-order valence-corrected chi connectivity index (χ1v) is 11.3. The number of anilines is 1. The maximum atomic E-state index is 12.7. The fraction of sp³-hybridized carbons (Fsp3) is 0.105. The number of rotatable bonds is 6. The molecule has 0 bridgehead atoms. The van der Waals surface area contributed by atoms with Crippen molar-refractivity contribution < 1.29 is 22.7 Å². The molecule has 156 valence electrons. The molecule has 0 saturated carbocycles. The summed E-state index contributed by atoms with van der Waals surface area (Å²) in [6.07, 6.45) is 1.70. The van der Waals surface area contributed by atoms with Gasteiger partial charge < -0.3 is 10.1 Å². The molecule has 0 unspecified atom stereocenters. The van der Waals surface area contributed by atoms with Crippen LogP contribution < -0.4 is 15.2 Å². The molecule has 2 amide bonds. The second kappa shape index (κ2) is 8.96. The topological polar surface area (TPSA) is 119 Å². The van der Waals surface area contributed by atoms with E-state index in [-0.39, 0.29) is 21.7 Å². The minimum atomic E-state index is -3.82. The predicted molar refractivity (Wildman–Crippen MR) is 119 cm³/mol. The van der Waals surface area contributed by atoms with E-state index in [1.807, 2.05) is 12.1 Å². The third-order valence-electron chi connectivity index (χ3n) is 4.06. The van der Waals surface area contributed by atoms with Crippen LogP contribution >= 0.6 is 24.0 Å². The van der Waals surface area contributed by atoms with E-state index >= 15 is 0 Å². The first-order valence-electron chi connectivity index (χ1n) is 8.49. The summed E-state index contributed by atoms with van der Waals surface area (Å²) in [7, 11) is -2.25. The lowest BCUT2D eigenvalue weighted by atomic mass is 10.2. The van der Waals surface area contributed by atoms with Crippen molar-refractivity contribution in [3.05, 3.63) is 59.0 Å². The highest BCUT2D eigenvalue weighted by atomic mass is 32.2. The number of benzene rings is 2. The van der Waals surface area contributed by atoms with Gasteiger partial charge in [0.15, 0.2) is 0 Å². The number of thiocarbonyl (C=S) groups is 1. The lowest BCUT2D eigenvalue weighted by molar-refractivity contribution is -0.126. The Balaban J connectivity index is 1.66. The van der Waals surface area contributed by atoms with E-state index in [0.717, 1.165) is 17.3 Å². The number of methoxy groups -OCH3 is 1. The number of hydrogen-bond donors (Lipinski definition) is 2. The van der Waals surface area contributed by atoms with Crippen molar-refractivity contribution in [2.45, 2.75) is 4.90 Å². The minimum Gasteiger partial charge on any atom is -0.497 e. The molecule has 8 nitrogen and oxygen atoms in total. The van der Waals surface area contributed by atoms with Crippen LogP contribution in [0.25, 0.3) is 6.08 Å². The van der Waals surface area contributed by atoms with Gasteiger partial charge in [0.25, 0.3) is 5.91 Å². The molecule has 2 aromatic rings. The average Bonchev–Trinajstić information content (AvgIpc) is 2.95. The zero-order valence-electron chi connectivity index (χ0n) is 15.7. The Morgan fingerprint density at radius 3 is 2.40 bits per heavy atom. The Hall–Kier alpha value is -2.73. The molecule has 1 heterocycles. The molecule has 1 aliphatic heterocycles. The molecular weight excluding hydrogens is 446 g/mol. The fourth-order valence-electron chi connectivity index (χ4n) is 2.56. The molecule has 2 aromatic carbocycles. The molecule has 30 heavy (non-hydrogen) atoms. The standard InChI is InChI=1S/C19H17N3O5S3/c1-27-14-6-2-12(3-7-14)10-16-18(24)22(19(28)29-16)11-17(23)21-13-4-8-15(9-5-13)30(20,25)26/h2-10H,11H2,1H3,(H,21,23)(H2,20,25,26)/b16-10-. The zero-order chi connectivity index (χ0) is 21.9. The molecule has 3 rings (SSSR count). The average molecular weight is 464 g/mol. The summed E-state index contributed by atoms with van der Waals surface area (Å²) in [5, 5.41) is 7.64. The number of thioether (sulfide) groups is 1. The van der Waals surface area contributed by atoms with E-state index in [2.05, 4.69) is 5.32 Å². The van der Waals surface area contributed by atoms with Gasteiger partial charge in [-0.2, -0.15) is 0 Å². The van der Waals surface area contributed by atoms with Gasteiger partial charge in [0.2, 0.25) is 15.9 Å². The van der Waals surface area contributed by atoms with E-state index in [0.29, 0.717) is 16.3 Å². The first kappa shape index (κ1) is 22.0. The first-order chi connectivity index (χ1) is 14.2. The van der Waals surface area contributed by atoms with E-state index in [1.165, 1.54) is 29.2 Å². The van der Waals surface area contributed by atoms with Crippen molar-refractivity contribution in [2.24, 2.45) is 5.14 Å². The van der Waals surface area contributed by atoms with Gasteiger partial charge in [0.05, 0.1) is 16.9 Å². The van der Waals surface area contributed by atoms with Gasteiger partial charge in [-0.15, -0.1) is 0 Å². The summed E-state index contributed by atoms with van der Waals surface area (Å²) < 4.78 is 27.9. The van der Waals surface area contributed by atoms with Crippen LogP contribution in [0.3, 0.4) is 0 Å². The second-order valence-corrected chi connectivity index (χ2v) is 9.40. The molecule has 0 atom stereocenters. The number of carbonyl (C=O) groups excluding carboxylic acids is 2. The normalized spacial score (nSPS) is 15.5. The molecule has 0 aromatic heterocycles. The number of hydrogen-bond acceptors (Lipinski definition) is 7. The number of sulfonamides is 1. The molecule has 1 fully saturated rings. The highest BCUT2D eigenvalue weighted by Gasteiger charge is 2.33. The van der Waals surface area contributed by atoms with Crippen LogP contribution in [0.1, 0.15) is 5.56 Å².